The molecule has 2 aromatic rings. The van der Waals surface area contributed by atoms with Crippen LogP contribution in [-0.2, 0) is 9.53 Å². The van der Waals surface area contributed by atoms with Crippen LogP contribution < -0.4 is 5.32 Å². The number of H-pyrrole nitrogens is 1. The number of nitrogens with one attached hydrogen (secondary N) is 2. The van der Waals surface area contributed by atoms with Gasteiger partial charge >= 0.3 is 5.97 Å². The number of hydrogen-bond donors (Lipinski definition) is 2. The quantitative estimate of drug-likeness (QED) is 0.624. The maximum absolute atomic E-state index is 12.2. The molecule has 1 aliphatic carbocycles. The molecule has 0 radical (unpaired) electrons. The van der Waals surface area contributed by atoms with E-state index in [0.29, 0.717) is 12.1 Å². The average Bonchev–Trinajstić information content (AvgIpc) is 3.10. The number of carbonyl (C=O) groups is 2. The third-order valence-electron chi connectivity index (χ3n) is 4.46. The molecule has 6 heteroatoms. The zero-order chi connectivity index (χ0) is 17.6. The van der Waals surface area contributed by atoms with Gasteiger partial charge in [-0.05, 0) is 51.2 Å². The number of hydrogen-bond acceptors (Lipinski definition) is 4. The Bertz CT molecular complexity index is 794. The Morgan fingerprint density at radius 1 is 1.36 bits per heavy atom. The van der Waals surface area contributed by atoms with Crippen molar-refractivity contribution in [2.45, 2.75) is 45.1 Å². The van der Waals surface area contributed by atoms with E-state index in [-0.39, 0.29) is 5.91 Å². The minimum absolute atomic E-state index is 0.271. The Balaban J connectivity index is 1.48. The molecule has 6 nitrogen and oxygen atoms in total. The van der Waals surface area contributed by atoms with Gasteiger partial charge in [0, 0.05) is 11.9 Å². The van der Waals surface area contributed by atoms with Crippen LogP contribution in [0.25, 0.3) is 10.9 Å². The SMILES string of the molecule is CC(OC(=O)c1ccc2cn[nH]c2c1)C(=O)NCCC1=CCCCC1. The van der Waals surface area contributed by atoms with E-state index in [9.17, 15) is 9.59 Å². The molecule has 1 amide bonds. The number of nitrogens with zero attached hydrogens (tertiary/aromatic N) is 1. The summed E-state index contributed by atoms with van der Waals surface area (Å²) in [4.78, 5) is 24.3. The summed E-state index contributed by atoms with van der Waals surface area (Å²) in [7, 11) is 0. The van der Waals surface area contributed by atoms with Crippen molar-refractivity contribution in [3.8, 4) is 0 Å². The van der Waals surface area contributed by atoms with Crippen molar-refractivity contribution in [1.29, 1.82) is 0 Å². The number of aromatic nitrogens is 2. The molecule has 2 N–H and O–H groups in total. The third-order valence-corrected chi connectivity index (χ3v) is 4.46. The van der Waals surface area contributed by atoms with E-state index < -0.39 is 12.1 Å². The number of amides is 1. The highest BCUT2D eigenvalue weighted by molar-refractivity contribution is 5.95. The lowest BCUT2D eigenvalue weighted by Gasteiger charge is -2.15. The predicted molar refractivity (Wildman–Crippen MR) is 95.1 cm³/mol. The Kier molecular flexibility index (Phi) is 5.48. The number of ether oxygens (including phenoxy) is 1. The van der Waals surface area contributed by atoms with Gasteiger partial charge in [-0.15, -0.1) is 0 Å². The molecule has 0 spiro atoms. The lowest BCUT2D eigenvalue weighted by Crippen LogP contribution is -2.36. The lowest BCUT2D eigenvalue weighted by molar-refractivity contribution is -0.129. The van der Waals surface area contributed by atoms with E-state index in [1.165, 1.54) is 18.4 Å². The first-order valence-corrected chi connectivity index (χ1v) is 8.73. The molecule has 132 valence electrons. The zero-order valence-electron chi connectivity index (χ0n) is 14.4. The molecule has 25 heavy (non-hydrogen) atoms. The monoisotopic (exact) mass is 341 g/mol. The normalized spacial score (nSPS) is 15.5. The van der Waals surface area contributed by atoms with Crippen molar-refractivity contribution in [3.63, 3.8) is 0 Å². The molecule has 1 heterocycles. The van der Waals surface area contributed by atoms with Crippen LogP contribution in [0.4, 0.5) is 0 Å². The minimum atomic E-state index is -0.828. The number of fused-ring (bicyclic) bond motifs is 1. The molecule has 1 atom stereocenters. The predicted octanol–water partition coefficient (Wildman–Crippen LogP) is 3.11. The van der Waals surface area contributed by atoms with Crippen molar-refractivity contribution >= 4 is 22.8 Å². The smallest absolute Gasteiger partial charge is 0.338 e. The number of allylic oxidation sites excluding steroid dienone is 1. The van der Waals surface area contributed by atoms with Crippen molar-refractivity contribution in [2.75, 3.05) is 6.54 Å². The molecule has 0 saturated carbocycles. The second-order valence-corrected chi connectivity index (χ2v) is 6.37. The maximum Gasteiger partial charge on any atom is 0.338 e. The summed E-state index contributed by atoms with van der Waals surface area (Å²) >= 11 is 0. The molecule has 1 unspecified atom stereocenters. The first-order valence-electron chi connectivity index (χ1n) is 8.73. The van der Waals surface area contributed by atoms with E-state index in [1.54, 1.807) is 31.3 Å². The summed E-state index contributed by atoms with van der Waals surface area (Å²) in [5.41, 5.74) is 2.56. The summed E-state index contributed by atoms with van der Waals surface area (Å²) in [6.45, 7) is 2.16. The summed E-state index contributed by atoms with van der Waals surface area (Å²) in [5, 5.41) is 10.5. The summed E-state index contributed by atoms with van der Waals surface area (Å²) in [6.07, 6.45) is 8.73. The van der Waals surface area contributed by atoms with Gasteiger partial charge in [0.15, 0.2) is 6.10 Å². The number of rotatable bonds is 6. The van der Waals surface area contributed by atoms with E-state index >= 15 is 0 Å². The van der Waals surface area contributed by atoms with E-state index in [4.69, 9.17) is 4.74 Å². The second kappa shape index (κ2) is 7.96. The molecule has 1 aliphatic rings. The van der Waals surface area contributed by atoms with Gasteiger partial charge in [-0.2, -0.15) is 5.10 Å². The number of benzene rings is 1. The van der Waals surface area contributed by atoms with Crippen LogP contribution in [0.1, 0.15) is 49.4 Å². The van der Waals surface area contributed by atoms with Crippen LogP contribution in [0.15, 0.2) is 36.0 Å². The fourth-order valence-corrected chi connectivity index (χ4v) is 2.97. The van der Waals surface area contributed by atoms with Crippen molar-refractivity contribution < 1.29 is 14.3 Å². The van der Waals surface area contributed by atoms with E-state index in [1.807, 2.05) is 0 Å². The Hall–Kier alpha value is -2.63. The molecule has 0 fully saturated rings. The second-order valence-electron chi connectivity index (χ2n) is 6.37. The summed E-state index contributed by atoms with van der Waals surface area (Å²) in [6, 6.07) is 5.13. The van der Waals surface area contributed by atoms with Gasteiger partial charge in [0.2, 0.25) is 0 Å². The Labute approximate surface area is 146 Å². The van der Waals surface area contributed by atoms with Crippen LogP contribution in [-0.4, -0.2) is 34.7 Å². The van der Waals surface area contributed by atoms with Crippen molar-refractivity contribution in [2.24, 2.45) is 0 Å². The van der Waals surface area contributed by atoms with Gasteiger partial charge in [0.25, 0.3) is 5.91 Å². The van der Waals surface area contributed by atoms with Crippen molar-refractivity contribution in [3.05, 3.63) is 41.6 Å². The minimum Gasteiger partial charge on any atom is -0.449 e. The molecule has 3 rings (SSSR count). The zero-order valence-corrected chi connectivity index (χ0v) is 14.4. The highest BCUT2D eigenvalue weighted by Gasteiger charge is 2.19. The van der Waals surface area contributed by atoms with Crippen LogP contribution in [0.3, 0.4) is 0 Å². The van der Waals surface area contributed by atoms with Gasteiger partial charge in [0.05, 0.1) is 17.3 Å². The first-order chi connectivity index (χ1) is 12.1. The van der Waals surface area contributed by atoms with Crippen LogP contribution in [0, 0.1) is 0 Å². The average molecular weight is 341 g/mol. The summed E-state index contributed by atoms with van der Waals surface area (Å²) < 4.78 is 5.27. The van der Waals surface area contributed by atoms with Gasteiger partial charge in [0.1, 0.15) is 0 Å². The highest BCUT2D eigenvalue weighted by atomic mass is 16.5. The van der Waals surface area contributed by atoms with Crippen LogP contribution in [0.2, 0.25) is 0 Å². The highest BCUT2D eigenvalue weighted by Crippen LogP contribution is 2.19. The van der Waals surface area contributed by atoms with Gasteiger partial charge < -0.3 is 10.1 Å². The number of aromatic amines is 1. The lowest BCUT2D eigenvalue weighted by atomic mass is 9.97. The Morgan fingerprint density at radius 3 is 3.04 bits per heavy atom. The number of esters is 1. The standard InChI is InChI=1S/C19H23N3O3/c1-13(18(23)20-10-9-14-5-3-2-4-6-14)25-19(24)15-7-8-16-12-21-22-17(16)11-15/h5,7-8,11-13H,2-4,6,9-10H2,1H3,(H,20,23)(H,21,22). The van der Waals surface area contributed by atoms with Gasteiger partial charge in [-0.1, -0.05) is 17.7 Å². The molecule has 1 aromatic heterocycles. The topological polar surface area (TPSA) is 84.1 Å². The Morgan fingerprint density at radius 2 is 2.24 bits per heavy atom. The van der Waals surface area contributed by atoms with E-state index in [2.05, 4.69) is 21.6 Å². The molecule has 0 saturated heterocycles. The third kappa shape index (κ3) is 4.47. The van der Waals surface area contributed by atoms with E-state index in [0.717, 1.165) is 30.2 Å². The van der Waals surface area contributed by atoms with Crippen LogP contribution >= 0.6 is 0 Å². The molecular formula is C19H23N3O3. The molecule has 0 bridgehead atoms. The fourth-order valence-electron chi connectivity index (χ4n) is 2.97. The number of carbonyl (C=O) groups excluding carboxylic acids is 2. The molecule has 0 aliphatic heterocycles. The van der Waals surface area contributed by atoms with Gasteiger partial charge in [-0.3, -0.25) is 9.89 Å². The molecular weight excluding hydrogens is 318 g/mol. The maximum atomic E-state index is 12.2. The largest absolute Gasteiger partial charge is 0.449 e. The summed E-state index contributed by atoms with van der Waals surface area (Å²) in [5.74, 6) is -0.790. The van der Waals surface area contributed by atoms with Crippen LogP contribution in [0.5, 0.6) is 0 Å². The fraction of sp³-hybridized carbons (Fsp3) is 0.421. The van der Waals surface area contributed by atoms with Gasteiger partial charge in [-0.25, -0.2) is 4.79 Å². The first kappa shape index (κ1) is 17.2. The molecule has 1 aromatic carbocycles. The van der Waals surface area contributed by atoms with Crippen molar-refractivity contribution in [1.82, 2.24) is 15.5 Å².